The molecule has 2 fully saturated rings. The largest absolute Gasteiger partial charge is 0.392 e. The predicted molar refractivity (Wildman–Crippen MR) is 104 cm³/mol. The molecule has 3 aliphatic heterocycles. The Hall–Kier alpha value is -3.10. The van der Waals surface area contributed by atoms with Crippen LogP contribution < -0.4 is 10.6 Å². The van der Waals surface area contributed by atoms with Gasteiger partial charge in [-0.05, 0) is 30.7 Å². The van der Waals surface area contributed by atoms with E-state index in [0.29, 0.717) is 16.8 Å². The minimum absolute atomic E-state index is 0.0170. The molecule has 1 spiro atoms. The third-order valence-corrected chi connectivity index (χ3v) is 6.42. The van der Waals surface area contributed by atoms with Crippen molar-refractivity contribution in [1.82, 2.24) is 10.2 Å². The molecule has 154 valence electrons. The average molecular weight is 409 g/mol. The molecule has 5 atom stereocenters. The first-order chi connectivity index (χ1) is 14.3. The van der Waals surface area contributed by atoms with E-state index in [0.717, 1.165) is 4.90 Å². The van der Waals surface area contributed by atoms with Gasteiger partial charge in [-0.15, -0.1) is 0 Å². The second-order valence-corrected chi connectivity index (χ2v) is 8.11. The number of para-hydroxylation sites is 1. The Balaban J connectivity index is 1.59. The van der Waals surface area contributed by atoms with Gasteiger partial charge in [-0.25, -0.2) is 4.39 Å². The Bertz CT molecular complexity index is 1070. The van der Waals surface area contributed by atoms with Gasteiger partial charge in [-0.2, -0.15) is 0 Å². The van der Waals surface area contributed by atoms with Crippen LogP contribution in [0.1, 0.15) is 18.1 Å². The fourth-order valence-corrected chi connectivity index (χ4v) is 5.09. The third kappa shape index (κ3) is 2.41. The maximum Gasteiger partial charge on any atom is 0.250 e. The number of nitrogens with zero attached hydrogens (tertiary/aromatic N) is 1. The van der Waals surface area contributed by atoms with Crippen LogP contribution in [0.5, 0.6) is 0 Å². The van der Waals surface area contributed by atoms with Crippen molar-refractivity contribution in [2.24, 2.45) is 11.8 Å². The van der Waals surface area contributed by atoms with Crippen molar-refractivity contribution in [2.75, 3.05) is 5.32 Å². The Kier molecular flexibility index (Phi) is 4.06. The van der Waals surface area contributed by atoms with Gasteiger partial charge in [0.2, 0.25) is 17.7 Å². The lowest BCUT2D eigenvalue weighted by Gasteiger charge is -2.30. The molecule has 0 saturated carbocycles. The van der Waals surface area contributed by atoms with Crippen LogP contribution >= 0.6 is 0 Å². The number of carbonyl (C=O) groups is 3. The predicted octanol–water partition coefficient (Wildman–Crippen LogP) is 1.13. The van der Waals surface area contributed by atoms with Gasteiger partial charge in [0, 0.05) is 17.3 Å². The van der Waals surface area contributed by atoms with Crippen LogP contribution in [-0.4, -0.2) is 39.9 Å². The summed E-state index contributed by atoms with van der Waals surface area (Å²) in [7, 11) is 0. The highest BCUT2D eigenvalue weighted by Gasteiger charge is 2.70. The van der Waals surface area contributed by atoms with Crippen molar-refractivity contribution in [2.45, 2.75) is 31.2 Å². The molecule has 0 unspecified atom stereocenters. The molecule has 5 rings (SSSR count). The highest BCUT2D eigenvalue weighted by atomic mass is 19.1. The maximum atomic E-state index is 13.5. The van der Waals surface area contributed by atoms with E-state index in [4.69, 9.17) is 0 Å². The van der Waals surface area contributed by atoms with Crippen LogP contribution in [0.4, 0.5) is 10.1 Å². The molecule has 3 aliphatic rings. The number of aliphatic hydroxyl groups excluding tert-OH is 1. The molecule has 3 heterocycles. The summed E-state index contributed by atoms with van der Waals surface area (Å²) >= 11 is 0. The van der Waals surface area contributed by atoms with Crippen LogP contribution in [0.25, 0.3) is 0 Å². The molecule has 0 bridgehead atoms. The molecule has 0 radical (unpaired) electrons. The van der Waals surface area contributed by atoms with Crippen molar-refractivity contribution in [3.8, 4) is 0 Å². The van der Waals surface area contributed by atoms with Crippen molar-refractivity contribution in [1.29, 1.82) is 0 Å². The fourth-order valence-electron chi connectivity index (χ4n) is 5.09. The summed E-state index contributed by atoms with van der Waals surface area (Å²) in [5.41, 5.74) is 0.354. The first-order valence-electron chi connectivity index (χ1n) is 9.81. The molecule has 3 amide bonds. The number of nitrogens with one attached hydrogen (secondary N) is 2. The van der Waals surface area contributed by atoms with E-state index in [1.54, 1.807) is 24.3 Å². The lowest BCUT2D eigenvalue weighted by atomic mass is 9.76. The number of hydrogen-bond acceptors (Lipinski definition) is 5. The summed E-state index contributed by atoms with van der Waals surface area (Å²) in [5, 5.41) is 16.3. The zero-order valence-corrected chi connectivity index (χ0v) is 16.1. The summed E-state index contributed by atoms with van der Waals surface area (Å²) in [5.74, 6) is -3.60. The molecule has 2 aromatic carbocycles. The van der Waals surface area contributed by atoms with Gasteiger partial charge in [0.25, 0.3) is 0 Å². The van der Waals surface area contributed by atoms with Crippen LogP contribution in [0.15, 0.2) is 48.5 Å². The van der Waals surface area contributed by atoms with E-state index >= 15 is 0 Å². The maximum absolute atomic E-state index is 13.5. The molecule has 2 saturated heterocycles. The first-order valence-corrected chi connectivity index (χ1v) is 9.81. The molecule has 8 heteroatoms. The van der Waals surface area contributed by atoms with Gasteiger partial charge in [-0.1, -0.05) is 30.3 Å². The lowest BCUT2D eigenvalue weighted by Crippen LogP contribution is -2.54. The smallest absolute Gasteiger partial charge is 0.250 e. The molecular formula is C22H20FN3O4. The van der Waals surface area contributed by atoms with Crippen molar-refractivity contribution < 1.29 is 23.9 Å². The molecule has 3 N–H and O–H groups in total. The molecule has 30 heavy (non-hydrogen) atoms. The molecule has 0 aliphatic carbocycles. The van der Waals surface area contributed by atoms with E-state index in [9.17, 15) is 23.9 Å². The van der Waals surface area contributed by atoms with Crippen molar-refractivity contribution in [3.05, 3.63) is 65.5 Å². The van der Waals surface area contributed by atoms with E-state index in [1.807, 2.05) is 0 Å². The molecule has 7 nitrogen and oxygen atoms in total. The van der Waals surface area contributed by atoms with Crippen LogP contribution in [0.2, 0.25) is 0 Å². The Labute approximate surface area is 171 Å². The number of amides is 3. The minimum Gasteiger partial charge on any atom is -0.392 e. The number of likely N-dealkylation sites (tertiary alicyclic amines) is 1. The number of rotatable bonds is 3. The summed E-state index contributed by atoms with van der Waals surface area (Å²) in [4.78, 5) is 41.0. The normalized spacial score (nSPS) is 30.6. The number of imide groups is 1. The topological polar surface area (TPSA) is 98.7 Å². The number of benzene rings is 2. The number of halogens is 1. The number of fused-ring (bicyclic) bond motifs is 4. The van der Waals surface area contributed by atoms with E-state index in [2.05, 4.69) is 10.6 Å². The Morgan fingerprint density at radius 1 is 1.10 bits per heavy atom. The van der Waals surface area contributed by atoms with E-state index < -0.39 is 53.1 Å². The van der Waals surface area contributed by atoms with Crippen LogP contribution in [-0.2, 0) is 26.5 Å². The summed E-state index contributed by atoms with van der Waals surface area (Å²) in [6.07, 6.45) is -0.958. The third-order valence-electron chi connectivity index (χ3n) is 6.42. The Morgan fingerprint density at radius 3 is 2.50 bits per heavy atom. The molecule has 0 aromatic heterocycles. The van der Waals surface area contributed by atoms with E-state index in [1.165, 1.54) is 31.2 Å². The zero-order chi connectivity index (χ0) is 21.2. The van der Waals surface area contributed by atoms with E-state index in [-0.39, 0.29) is 6.54 Å². The highest BCUT2D eigenvalue weighted by molar-refractivity contribution is 6.15. The zero-order valence-electron chi connectivity index (χ0n) is 16.1. The minimum atomic E-state index is -1.42. The SMILES string of the molecule is C[C@@H](O)[C@@H]1N[C@]2(C(=O)Nc3ccccc32)[C@@H]2C(=O)N(Cc3ccc(F)cc3)C(=O)[C@H]12. The molecular weight excluding hydrogens is 389 g/mol. The van der Waals surface area contributed by atoms with Gasteiger partial charge in [-0.3, -0.25) is 24.6 Å². The van der Waals surface area contributed by atoms with Crippen molar-refractivity contribution >= 4 is 23.4 Å². The quantitative estimate of drug-likeness (QED) is 0.660. The molecule has 2 aromatic rings. The van der Waals surface area contributed by atoms with Crippen LogP contribution in [0.3, 0.4) is 0 Å². The standard InChI is InChI=1S/C22H20FN3O4/c1-11(27)18-16-17(22(25-18)14-4-2-3-5-15(14)24-21(22)30)20(29)26(19(16)28)10-12-6-8-13(23)9-7-12/h2-9,11,16-18,25,27H,10H2,1H3,(H,24,30)/t11-,16+,17+,18+,22+/m1/s1. The second kappa shape index (κ2) is 6.45. The number of aliphatic hydroxyl groups is 1. The summed E-state index contributed by atoms with van der Waals surface area (Å²) < 4.78 is 13.2. The fraction of sp³-hybridized carbons (Fsp3) is 0.318. The monoisotopic (exact) mass is 409 g/mol. The first kappa shape index (κ1) is 18.9. The number of anilines is 1. The Morgan fingerprint density at radius 2 is 1.80 bits per heavy atom. The van der Waals surface area contributed by atoms with Crippen molar-refractivity contribution in [3.63, 3.8) is 0 Å². The van der Waals surface area contributed by atoms with Gasteiger partial charge in [0.1, 0.15) is 11.4 Å². The van der Waals surface area contributed by atoms with Gasteiger partial charge >= 0.3 is 0 Å². The highest BCUT2D eigenvalue weighted by Crippen LogP contribution is 2.53. The van der Waals surface area contributed by atoms with Gasteiger partial charge < -0.3 is 10.4 Å². The van der Waals surface area contributed by atoms with Gasteiger partial charge in [0.15, 0.2) is 0 Å². The number of hydrogen-bond donors (Lipinski definition) is 3. The van der Waals surface area contributed by atoms with Crippen LogP contribution in [0, 0.1) is 17.7 Å². The van der Waals surface area contributed by atoms with Gasteiger partial charge in [0.05, 0.1) is 24.5 Å². The second-order valence-electron chi connectivity index (χ2n) is 8.11. The summed E-state index contributed by atoms with van der Waals surface area (Å²) in [6.45, 7) is 1.52. The number of carbonyl (C=O) groups excluding carboxylic acids is 3. The average Bonchev–Trinajstić information content (AvgIpc) is 3.31. The summed E-state index contributed by atoms with van der Waals surface area (Å²) in [6, 6.07) is 11.8. The lowest BCUT2D eigenvalue weighted by molar-refractivity contribution is -0.143.